The van der Waals surface area contributed by atoms with Crippen LogP contribution >= 0.6 is 12.4 Å². The Morgan fingerprint density at radius 2 is 1.71 bits per heavy atom. The first kappa shape index (κ1) is 25.6. The highest BCUT2D eigenvalue weighted by Gasteiger charge is 2.27. The molecule has 172 valence electrons. The lowest BCUT2D eigenvalue weighted by Crippen LogP contribution is -2.41. The van der Waals surface area contributed by atoms with E-state index in [9.17, 15) is 14.6 Å². The number of aliphatic hydroxyl groups is 2. The number of rotatable bonds is 9. The summed E-state index contributed by atoms with van der Waals surface area (Å²) in [6.07, 6.45) is 1.61. The van der Waals surface area contributed by atoms with Crippen LogP contribution < -0.4 is 4.74 Å². The van der Waals surface area contributed by atoms with Gasteiger partial charge in [0.25, 0.3) is 0 Å². The SMILES string of the molecule is CCC(C)c1ccccc1OCC(O)CN1CCC(C(O)c2ccc(F)cc2)CC1.Cl. The average molecular weight is 452 g/mol. The van der Waals surface area contributed by atoms with Crippen molar-refractivity contribution in [2.24, 2.45) is 5.92 Å². The number of hydrogen-bond donors (Lipinski definition) is 2. The summed E-state index contributed by atoms with van der Waals surface area (Å²) in [6.45, 7) is 6.82. The average Bonchev–Trinajstić information content (AvgIpc) is 2.78. The van der Waals surface area contributed by atoms with Gasteiger partial charge in [-0.15, -0.1) is 12.4 Å². The topological polar surface area (TPSA) is 52.9 Å². The van der Waals surface area contributed by atoms with Crippen molar-refractivity contribution >= 4 is 12.4 Å². The molecule has 0 aromatic heterocycles. The Morgan fingerprint density at radius 1 is 1.06 bits per heavy atom. The number of piperidine rings is 1. The zero-order chi connectivity index (χ0) is 21.5. The molecule has 4 nitrogen and oxygen atoms in total. The number of halogens is 2. The highest BCUT2D eigenvalue weighted by molar-refractivity contribution is 5.85. The number of ether oxygens (including phenoxy) is 1. The van der Waals surface area contributed by atoms with E-state index in [1.54, 1.807) is 12.1 Å². The summed E-state index contributed by atoms with van der Waals surface area (Å²) in [7, 11) is 0. The van der Waals surface area contributed by atoms with Crippen LogP contribution in [-0.2, 0) is 0 Å². The molecule has 2 N–H and O–H groups in total. The van der Waals surface area contributed by atoms with E-state index in [0.717, 1.165) is 43.7 Å². The standard InChI is InChI=1S/C25H34FNO3.ClH/c1-3-18(2)23-6-4-5-7-24(23)30-17-22(28)16-27-14-12-20(13-15-27)25(29)19-8-10-21(26)11-9-19;/h4-11,18,20,22,25,28-29H,3,12-17H2,1-2H3;1H. The summed E-state index contributed by atoms with van der Waals surface area (Å²) in [5, 5.41) is 21.1. The van der Waals surface area contributed by atoms with Crippen LogP contribution in [0.2, 0.25) is 0 Å². The predicted molar refractivity (Wildman–Crippen MR) is 124 cm³/mol. The molecular formula is C25H35ClFNO3. The number of benzene rings is 2. The van der Waals surface area contributed by atoms with Gasteiger partial charge in [0.05, 0.1) is 6.10 Å². The summed E-state index contributed by atoms with van der Waals surface area (Å²) in [4.78, 5) is 2.22. The summed E-state index contributed by atoms with van der Waals surface area (Å²) >= 11 is 0. The van der Waals surface area contributed by atoms with Crippen molar-refractivity contribution in [3.05, 3.63) is 65.5 Å². The quantitative estimate of drug-likeness (QED) is 0.566. The predicted octanol–water partition coefficient (Wildman–Crippen LogP) is 4.95. The minimum Gasteiger partial charge on any atom is -0.491 e. The highest BCUT2D eigenvalue weighted by atomic mass is 35.5. The van der Waals surface area contributed by atoms with Crippen LogP contribution in [0.4, 0.5) is 4.39 Å². The monoisotopic (exact) mass is 451 g/mol. The summed E-state index contributed by atoms with van der Waals surface area (Å²) in [5.41, 5.74) is 1.95. The fourth-order valence-corrected chi connectivity index (χ4v) is 4.16. The molecule has 1 saturated heterocycles. The minimum absolute atomic E-state index is 0. The zero-order valence-electron chi connectivity index (χ0n) is 18.4. The van der Waals surface area contributed by atoms with Crippen LogP contribution in [-0.4, -0.2) is 47.5 Å². The molecule has 2 aromatic rings. The third kappa shape index (κ3) is 7.18. The number of hydrogen-bond acceptors (Lipinski definition) is 4. The lowest BCUT2D eigenvalue weighted by Gasteiger charge is -2.35. The van der Waals surface area contributed by atoms with Gasteiger partial charge in [-0.2, -0.15) is 0 Å². The minimum atomic E-state index is -0.571. The van der Waals surface area contributed by atoms with Crippen LogP contribution in [0.25, 0.3) is 0 Å². The fraction of sp³-hybridized carbons (Fsp3) is 0.520. The number of β-amino-alcohol motifs (C(OH)–C–C–N with tert-alkyl or cyclic N) is 1. The molecule has 31 heavy (non-hydrogen) atoms. The maximum Gasteiger partial charge on any atom is 0.123 e. The van der Waals surface area contributed by atoms with E-state index in [1.807, 2.05) is 18.2 Å². The first-order valence-electron chi connectivity index (χ1n) is 11.0. The third-order valence-electron chi connectivity index (χ3n) is 6.25. The molecule has 1 fully saturated rings. The van der Waals surface area contributed by atoms with E-state index >= 15 is 0 Å². The summed E-state index contributed by atoms with van der Waals surface area (Å²) < 4.78 is 19.0. The first-order valence-corrected chi connectivity index (χ1v) is 11.0. The fourth-order valence-electron chi connectivity index (χ4n) is 4.16. The van der Waals surface area contributed by atoms with Crippen LogP contribution in [0.1, 0.15) is 56.3 Å². The molecule has 0 radical (unpaired) electrons. The van der Waals surface area contributed by atoms with Crippen LogP contribution in [0.5, 0.6) is 5.75 Å². The second kappa shape index (κ2) is 12.4. The van der Waals surface area contributed by atoms with Crippen LogP contribution in [0, 0.1) is 11.7 Å². The zero-order valence-corrected chi connectivity index (χ0v) is 19.2. The number of likely N-dealkylation sites (tertiary alicyclic amines) is 1. The molecule has 2 aromatic carbocycles. The summed E-state index contributed by atoms with van der Waals surface area (Å²) in [5.74, 6) is 1.14. The van der Waals surface area contributed by atoms with Gasteiger partial charge >= 0.3 is 0 Å². The van der Waals surface area contributed by atoms with Gasteiger partial charge < -0.3 is 19.8 Å². The van der Waals surface area contributed by atoms with Crippen molar-refractivity contribution in [1.82, 2.24) is 4.90 Å². The van der Waals surface area contributed by atoms with Crippen molar-refractivity contribution in [2.75, 3.05) is 26.2 Å². The molecule has 6 heteroatoms. The van der Waals surface area contributed by atoms with Gasteiger partial charge in [0.2, 0.25) is 0 Å². The maximum absolute atomic E-state index is 13.1. The summed E-state index contributed by atoms with van der Waals surface area (Å²) in [6, 6.07) is 14.1. The molecule has 0 spiro atoms. The lowest BCUT2D eigenvalue weighted by atomic mass is 9.87. The molecule has 0 bridgehead atoms. The van der Waals surface area contributed by atoms with Crippen LogP contribution in [0.3, 0.4) is 0 Å². The Bertz CT molecular complexity index is 781. The van der Waals surface area contributed by atoms with E-state index in [1.165, 1.54) is 17.7 Å². The van der Waals surface area contributed by atoms with Crippen molar-refractivity contribution in [3.63, 3.8) is 0 Å². The van der Waals surface area contributed by atoms with Crippen LogP contribution in [0.15, 0.2) is 48.5 Å². The Morgan fingerprint density at radius 3 is 2.35 bits per heavy atom. The largest absolute Gasteiger partial charge is 0.491 e. The molecule has 1 aliphatic rings. The first-order chi connectivity index (χ1) is 14.5. The Labute approximate surface area is 191 Å². The maximum atomic E-state index is 13.1. The lowest BCUT2D eigenvalue weighted by molar-refractivity contribution is 0.0277. The molecule has 3 rings (SSSR count). The normalized spacial score (nSPS) is 18.1. The number of para-hydroxylation sites is 1. The Hall–Kier alpha value is -1.66. The molecule has 1 aliphatic heterocycles. The third-order valence-corrected chi connectivity index (χ3v) is 6.25. The Kier molecular flexibility index (Phi) is 10.2. The van der Waals surface area contributed by atoms with E-state index in [0.29, 0.717) is 12.5 Å². The van der Waals surface area contributed by atoms with Gasteiger partial charge in [0.15, 0.2) is 0 Å². The molecule has 1 heterocycles. The number of nitrogens with zero attached hydrogens (tertiary/aromatic N) is 1. The van der Waals surface area contributed by atoms with E-state index in [-0.39, 0.29) is 30.7 Å². The molecule has 3 unspecified atom stereocenters. The van der Waals surface area contributed by atoms with Gasteiger partial charge in [0.1, 0.15) is 24.3 Å². The van der Waals surface area contributed by atoms with Gasteiger partial charge in [-0.25, -0.2) is 4.39 Å². The van der Waals surface area contributed by atoms with E-state index < -0.39 is 12.2 Å². The second-order valence-electron chi connectivity index (χ2n) is 8.45. The van der Waals surface area contributed by atoms with Gasteiger partial charge in [-0.3, -0.25) is 0 Å². The van der Waals surface area contributed by atoms with E-state index in [4.69, 9.17) is 4.74 Å². The smallest absolute Gasteiger partial charge is 0.123 e. The van der Waals surface area contributed by atoms with Gasteiger partial charge in [-0.05, 0) is 73.5 Å². The highest BCUT2D eigenvalue weighted by Crippen LogP contribution is 2.31. The Balaban J connectivity index is 0.00000341. The molecule has 3 atom stereocenters. The van der Waals surface area contributed by atoms with Crippen molar-refractivity contribution in [3.8, 4) is 5.75 Å². The molecule has 0 saturated carbocycles. The molecule has 0 aliphatic carbocycles. The van der Waals surface area contributed by atoms with E-state index in [2.05, 4.69) is 24.8 Å². The van der Waals surface area contributed by atoms with Gasteiger partial charge in [0, 0.05) is 6.54 Å². The molecular weight excluding hydrogens is 417 g/mol. The van der Waals surface area contributed by atoms with Crippen molar-refractivity contribution in [2.45, 2.75) is 51.2 Å². The molecule has 0 amide bonds. The van der Waals surface area contributed by atoms with Crippen molar-refractivity contribution < 1.29 is 19.3 Å². The van der Waals surface area contributed by atoms with Crippen molar-refractivity contribution in [1.29, 1.82) is 0 Å². The van der Waals surface area contributed by atoms with Gasteiger partial charge in [-0.1, -0.05) is 44.2 Å². The number of aliphatic hydroxyl groups excluding tert-OH is 2. The second-order valence-corrected chi connectivity index (χ2v) is 8.45.